The number of rotatable bonds is 11. The molecule has 3 aromatic heterocycles. The van der Waals surface area contributed by atoms with Crippen LogP contribution < -0.4 is 9.47 Å². The van der Waals surface area contributed by atoms with Gasteiger partial charge in [-0.1, -0.05) is 58.9 Å². The molecule has 0 saturated heterocycles. The van der Waals surface area contributed by atoms with E-state index < -0.39 is 17.3 Å². The Labute approximate surface area is 262 Å². The molecule has 5 aromatic rings. The number of pyridine rings is 2. The molecule has 0 amide bonds. The highest BCUT2D eigenvalue weighted by Crippen LogP contribution is 2.36. The first kappa shape index (κ1) is 31.4. The fraction of sp³-hybridized carbons (Fsp3) is 0.297. The van der Waals surface area contributed by atoms with Gasteiger partial charge in [-0.3, -0.25) is 14.4 Å². The summed E-state index contributed by atoms with van der Waals surface area (Å²) < 4.78 is 13.1. The molecule has 45 heavy (non-hydrogen) atoms. The van der Waals surface area contributed by atoms with Crippen molar-refractivity contribution in [3.05, 3.63) is 107 Å². The molecule has 232 valence electrons. The number of carbonyl (C=O) groups is 3. The molecule has 0 radical (unpaired) electrons. The van der Waals surface area contributed by atoms with E-state index in [0.717, 1.165) is 16.6 Å². The van der Waals surface area contributed by atoms with Crippen molar-refractivity contribution in [1.82, 2.24) is 9.38 Å². The maximum atomic E-state index is 14.2. The standard InChI is InChI=1S/C37H38N2O6/c1-22(2)28(36(42)43)20-29-32(35(41)37(3,4)5)31-19-27(45-21-25-14-11-23-9-7-8-10-30(23)38-25)17-18-39(31)33(29)34(40)24-12-15-26(44-6)16-13-24/h7-19,22,28H,20-21H2,1-6H3,(H,42,43). The minimum Gasteiger partial charge on any atom is -0.497 e. The van der Waals surface area contributed by atoms with Crippen LogP contribution in [0.4, 0.5) is 0 Å². The fourth-order valence-electron chi connectivity index (χ4n) is 5.50. The first-order valence-electron chi connectivity index (χ1n) is 15.0. The Morgan fingerprint density at radius 2 is 1.64 bits per heavy atom. The van der Waals surface area contributed by atoms with Crippen LogP contribution >= 0.6 is 0 Å². The van der Waals surface area contributed by atoms with Gasteiger partial charge in [0.15, 0.2) is 5.78 Å². The molecule has 3 heterocycles. The predicted molar refractivity (Wildman–Crippen MR) is 173 cm³/mol. The van der Waals surface area contributed by atoms with Crippen molar-refractivity contribution in [1.29, 1.82) is 0 Å². The number of carboxylic acid groups (broad SMARTS) is 1. The lowest BCUT2D eigenvalue weighted by atomic mass is 9.81. The lowest BCUT2D eigenvalue weighted by molar-refractivity contribution is -0.143. The van der Waals surface area contributed by atoms with E-state index in [-0.39, 0.29) is 36.2 Å². The van der Waals surface area contributed by atoms with Crippen LogP contribution in [-0.4, -0.2) is 39.1 Å². The summed E-state index contributed by atoms with van der Waals surface area (Å²) in [5.74, 6) is -1.45. The van der Waals surface area contributed by atoms with E-state index in [9.17, 15) is 19.5 Å². The Morgan fingerprint density at radius 1 is 0.933 bits per heavy atom. The van der Waals surface area contributed by atoms with Crippen LogP contribution in [0, 0.1) is 17.3 Å². The fourth-order valence-corrected chi connectivity index (χ4v) is 5.50. The number of aliphatic carboxylic acids is 1. The van der Waals surface area contributed by atoms with E-state index in [1.54, 1.807) is 54.1 Å². The van der Waals surface area contributed by atoms with Crippen molar-refractivity contribution in [2.45, 2.75) is 47.6 Å². The highest BCUT2D eigenvalue weighted by molar-refractivity contribution is 6.15. The minimum absolute atomic E-state index is 0.0141. The van der Waals surface area contributed by atoms with Crippen molar-refractivity contribution < 1.29 is 29.0 Å². The van der Waals surface area contributed by atoms with Crippen LogP contribution in [0.5, 0.6) is 11.5 Å². The van der Waals surface area contributed by atoms with Crippen LogP contribution in [0.15, 0.2) is 79.0 Å². The number of hydrogen-bond acceptors (Lipinski definition) is 6. The van der Waals surface area contributed by atoms with Crippen LogP contribution in [-0.2, 0) is 17.8 Å². The van der Waals surface area contributed by atoms with Gasteiger partial charge in [-0.05, 0) is 60.4 Å². The number of carboxylic acids is 1. The molecule has 8 heteroatoms. The number of Topliss-reactive ketones (excluding diaryl/α,β-unsaturated/α-hetero) is 1. The van der Waals surface area contributed by atoms with Gasteiger partial charge >= 0.3 is 5.97 Å². The maximum absolute atomic E-state index is 14.2. The van der Waals surface area contributed by atoms with Gasteiger partial charge in [-0.2, -0.15) is 0 Å². The number of carbonyl (C=O) groups excluding carboxylic acids is 2. The molecule has 5 rings (SSSR count). The Morgan fingerprint density at radius 3 is 2.29 bits per heavy atom. The summed E-state index contributed by atoms with van der Waals surface area (Å²) in [5, 5.41) is 11.2. The Hall–Kier alpha value is -4.98. The zero-order valence-corrected chi connectivity index (χ0v) is 26.5. The Kier molecular flexibility index (Phi) is 8.77. The summed E-state index contributed by atoms with van der Waals surface area (Å²) in [6, 6.07) is 22.0. The number of hydrogen-bond donors (Lipinski definition) is 1. The minimum atomic E-state index is -0.982. The van der Waals surface area contributed by atoms with Gasteiger partial charge in [-0.25, -0.2) is 4.98 Å². The number of aromatic nitrogens is 2. The summed E-state index contributed by atoms with van der Waals surface area (Å²) in [7, 11) is 1.55. The summed E-state index contributed by atoms with van der Waals surface area (Å²) >= 11 is 0. The zero-order valence-electron chi connectivity index (χ0n) is 26.5. The van der Waals surface area contributed by atoms with Crippen LogP contribution in [0.2, 0.25) is 0 Å². The van der Waals surface area contributed by atoms with E-state index in [1.807, 2.05) is 71.0 Å². The van der Waals surface area contributed by atoms with Crippen molar-refractivity contribution >= 4 is 34.0 Å². The van der Waals surface area contributed by atoms with Gasteiger partial charge in [-0.15, -0.1) is 0 Å². The topological polar surface area (TPSA) is 107 Å². The second kappa shape index (κ2) is 12.6. The monoisotopic (exact) mass is 606 g/mol. The van der Waals surface area contributed by atoms with Crippen LogP contribution in [0.3, 0.4) is 0 Å². The van der Waals surface area contributed by atoms with Gasteiger partial charge in [0.05, 0.1) is 35.4 Å². The van der Waals surface area contributed by atoms with E-state index in [2.05, 4.69) is 0 Å². The van der Waals surface area contributed by atoms with Gasteiger partial charge < -0.3 is 19.0 Å². The number of para-hydroxylation sites is 1. The number of ether oxygens (including phenoxy) is 2. The molecule has 0 aliphatic rings. The molecule has 0 fully saturated rings. The zero-order chi connectivity index (χ0) is 32.5. The van der Waals surface area contributed by atoms with Crippen molar-refractivity contribution in [2.75, 3.05) is 7.11 Å². The smallest absolute Gasteiger partial charge is 0.307 e. The molecule has 1 N–H and O–H groups in total. The number of benzene rings is 2. The molecule has 0 spiro atoms. The first-order chi connectivity index (χ1) is 21.4. The van der Waals surface area contributed by atoms with Crippen LogP contribution in [0.1, 0.15) is 72.3 Å². The number of fused-ring (bicyclic) bond motifs is 2. The normalized spacial score (nSPS) is 12.4. The average Bonchev–Trinajstić information content (AvgIpc) is 3.33. The molecule has 8 nitrogen and oxygen atoms in total. The second-order valence-electron chi connectivity index (χ2n) is 12.6. The third kappa shape index (κ3) is 6.45. The number of methoxy groups -OCH3 is 1. The lowest BCUT2D eigenvalue weighted by Gasteiger charge is -2.20. The first-order valence-corrected chi connectivity index (χ1v) is 15.0. The van der Waals surface area contributed by atoms with Crippen molar-refractivity contribution in [3.63, 3.8) is 0 Å². The summed E-state index contributed by atoms with van der Waals surface area (Å²) in [6.07, 6.45) is 1.73. The highest BCUT2D eigenvalue weighted by atomic mass is 16.5. The highest BCUT2D eigenvalue weighted by Gasteiger charge is 2.35. The SMILES string of the molecule is COc1ccc(C(=O)c2c(CC(C(=O)O)C(C)C)c(C(=O)C(C)(C)C)c3cc(OCc4ccc5ccccc5n4)ccn23)cc1. The molecular formula is C37H38N2O6. The molecule has 1 unspecified atom stereocenters. The van der Waals surface area contributed by atoms with E-state index in [1.165, 1.54) is 0 Å². The Bertz CT molecular complexity index is 1900. The summed E-state index contributed by atoms with van der Waals surface area (Å²) in [4.78, 5) is 45.5. The quantitative estimate of drug-likeness (QED) is 0.156. The Balaban J connectivity index is 1.67. The summed E-state index contributed by atoms with van der Waals surface area (Å²) in [6.45, 7) is 9.31. The molecule has 0 bridgehead atoms. The van der Waals surface area contributed by atoms with E-state index in [4.69, 9.17) is 14.5 Å². The van der Waals surface area contributed by atoms with E-state index >= 15 is 0 Å². The van der Waals surface area contributed by atoms with Gasteiger partial charge in [0, 0.05) is 34.2 Å². The third-order valence-electron chi connectivity index (χ3n) is 8.08. The average molecular weight is 607 g/mol. The molecule has 1 atom stereocenters. The molecule has 0 aliphatic heterocycles. The van der Waals surface area contributed by atoms with Crippen molar-refractivity contribution in [2.24, 2.45) is 17.3 Å². The molecule has 0 saturated carbocycles. The largest absolute Gasteiger partial charge is 0.497 e. The van der Waals surface area contributed by atoms with Crippen molar-refractivity contribution in [3.8, 4) is 11.5 Å². The van der Waals surface area contributed by atoms with Gasteiger partial charge in [0.1, 0.15) is 18.1 Å². The summed E-state index contributed by atoms with van der Waals surface area (Å²) in [5.41, 5.74) is 2.70. The van der Waals surface area contributed by atoms with Gasteiger partial charge in [0.25, 0.3) is 0 Å². The van der Waals surface area contributed by atoms with E-state index in [0.29, 0.717) is 33.7 Å². The third-order valence-corrected chi connectivity index (χ3v) is 8.08. The molecular weight excluding hydrogens is 568 g/mol. The maximum Gasteiger partial charge on any atom is 0.307 e. The number of ketones is 2. The van der Waals surface area contributed by atoms with Gasteiger partial charge in [0.2, 0.25) is 5.78 Å². The van der Waals surface area contributed by atoms with Crippen LogP contribution in [0.25, 0.3) is 16.4 Å². The predicted octanol–water partition coefficient (Wildman–Crippen LogP) is 7.43. The molecule has 0 aliphatic carbocycles. The second-order valence-corrected chi connectivity index (χ2v) is 12.6. The molecule has 2 aromatic carbocycles. The number of nitrogens with zero attached hydrogens (tertiary/aromatic N) is 2. The lowest BCUT2D eigenvalue weighted by Crippen LogP contribution is -2.26.